The number of morpholine rings is 1. The number of anilines is 3. The SMILES string of the molecule is CC(C)(C)OC(=O)N1CC(N2CC=C(c3ccc4c(c3)Nc3ncnc(N5CCOCC5)c3CO4)CC2)C1. The smallest absolute Gasteiger partial charge is 0.410 e. The quantitative estimate of drug-likeness (QED) is 0.651. The largest absolute Gasteiger partial charge is 0.486 e. The third-order valence-electron chi connectivity index (χ3n) is 7.48. The van der Waals surface area contributed by atoms with Crippen LogP contribution in [0.3, 0.4) is 0 Å². The molecule has 0 spiro atoms. The van der Waals surface area contributed by atoms with Crippen LogP contribution in [-0.4, -0.2) is 90.0 Å². The molecule has 1 aromatic carbocycles. The molecule has 202 valence electrons. The van der Waals surface area contributed by atoms with Gasteiger partial charge in [-0.05, 0) is 50.5 Å². The Labute approximate surface area is 223 Å². The summed E-state index contributed by atoms with van der Waals surface area (Å²) in [4.78, 5) is 27.9. The molecule has 0 bridgehead atoms. The first-order chi connectivity index (χ1) is 18.3. The van der Waals surface area contributed by atoms with Gasteiger partial charge in [-0.25, -0.2) is 14.8 Å². The summed E-state index contributed by atoms with van der Waals surface area (Å²) < 4.78 is 17.2. The summed E-state index contributed by atoms with van der Waals surface area (Å²) in [5.41, 5.74) is 3.95. The average molecular weight is 521 g/mol. The molecule has 0 unspecified atom stereocenters. The Hall–Kier alpha value is -3.37. The van der Waals surface area contributed by atoms with Crippen molar-refractivity contribution in [1.82, 2.24) is 19.8 Å². The zero-order valence-electron chi connectivity index (χ0n) is 22.4. The highest BCUT2D eigenvalue weighted by atomic mass is 16.6. The van der Waals surface area contributed by atoms with Gasteiger partial charge in [0.25, 0.3) is 0 Å². The Morgan fingerprint density at radius 3 is 2.68 bits per heavy atom. The van der Waals surface area contributed by atoms with Gasteiger partial charge in [-0.2, -0.15) is 0 Å². The van der Waals surface area contributed by atoms with Crippen LogP contribution in [0.2, 0.25) is 0 Å². The molecule has 2 saturated heterocycles. The molecule has 6 rings (SSSR count). The summed E-state index contributed by atoms with van der Waals surface area (Å²) in [5, 5.41) is 3.52. The van der Waals surface area contributed by atoms with Crippen molar-refractivity contribution in [2.24, 2.45) is 0 Å². The van der Waals surface area contributed by atoms with Gasteiger partial charge in [-0.1, -0.05) is 12.1 Å². The van der Waals surface area contributed by atoms with E-state index in [1.807, 2.05) is 26.8 Å². The second-order valence-electron chi connectivity index (χ2n) is 11.3. The highest BCUT2D eigenvalue weighted by Crippen LogP contribution is 2.38. The van der Waals surface area contributed by atoms with Crippen LogP contribution in [0, 0.1) is 0 Å². The monoisotopic (exact) mass is 520 g/mol. The minimum atomic E-state index is -0.460. The molecule has 10 nitrogen and oxygen atoms in total. The molecule has 2 aromatic rings. The number of likely N-dealkylation sites (tertiary alicyclic amines) is 1. The van der Waals surface area contributed by atoms with E-state index < -0.39 is 5.60 Å². The van der Waals surface area contributed by atoms with E-state index in [0.717, 1.165) is 74.3 Å². The van der Waals surface area contributed by atoms with Crippen molar-refractivity contribution in [3.8, 4) is 5.75 Å². The van der Waals surface area contributed by atoms with Crippen molar-refractivity contribution in [3.63, 3.8) is 0 Å². The van der Waals surface area contributed by atoms with Crippen LogP contribution in [0.4, 0.5) is 22.1 Å². The van der Waals surface area contributed by atoms with Gasteiger partial charge in [0, 0.05) is 45.3 Å². The Morgan fingerprint density at radius 2 is 1.95 bits per heavy atom. The zero-order chi connectivity index (χ0) is 26.3. The maximum absolute atomic E-state index is 12.3. The predicted molar refractivity (Wildman–Crippen MR) is 145 cm³/mol. The van der Waals surface area contributed by atoms with E-state index in [9.17, 15) is 4.79 Å². The first-order valence-electron chi connectivity index (χ1n) is 13.5. The van der Waals surface area contributed by atoms with Crippen molar-refractivity contribution in [3.05, 3.63) is 41.7 Å². The van der Waals surface area contributed by atoms with E-state index in [1.165, 1.54) is 11.1 Å². The highest BCUT2D eigenvalue weighted by molar-refractivity contribution is 5.77. The summed E-state index contributed by atoms with van der Waals surface area (Å²) in [6.07, 6.45) is 4.67. The molecule has 4 aliphatic heterocycles. The third kappa shape index (κ3) is 5.15. The summed E-state index contributed by atoms with van der Waals surface area (Å²) in [6.45, 7) is 12.4. The number of ether oxygens (including phenoxy) is 3. The zero-order valence-corrected chi connectivity index (χ0v) is 22.4. The van der Waals surface area contributed by atoms with Crippen LogP contribution >= 0.6 is 0 Å². The van der Waals surface area contributed by atoms with Crippen molar-refractivity contribution in [2.75, 3.05) is 62.7 Å². The van der Waals surface area contributed by atoms with E-state index in [0.29, 0.717) is 25.9 Å². The Bertz CT molecular complexity index is 1230. The molecule has 1 N–H and O–H groups in total. The van der Waals surface area contributed by atoms with Crippen molar-refractivity contribution in [1.29, 1.82) is 0 Å². The lowest BCUT2D eigenvalue weighted by Gasteiger charge is -2.46. The van der Waals surface area contributed by atoms with E-state index >= 15 is 0 Å². The van der Waals surface area contributed by atoms with Gasteiger partial charge >= 0.3 is 6.09 Å². The van der Waals surface area contributed by atoms with Crippen LogP contribution in [-0.2, 0) is 16.1 Å². The third-order valence-corrected chi connectivity index (χ3v) is 7.48. The van der Waals surface area contributed by atoms with Crippen LogP contribution in [0.1, 0.15) is 38.3 Å². The number of nitrogens with one attached hydrogen (secondary N) is 1. The molecule has 2 fully saturated rings. The topological polar surface area (TPSA) is 92.3 Å². The molecular weight excluding hydrogens is 484 g/mol. The second-order valence-corrected chi connectivity index (χ2v) is 11.3. The lowest BCUT2D eigenvalue weighted by Crippen LogP contribution is -2.62. The summed E-state index contributed by atoms with van der Waals surface area (Å²) in [7, 11) is 0. The van der Waals surface area contributed by atoms with Crippen LogP contribution < -0.4 is 15.0 Å². The van der Waals surface area contributed by atoms with Gasteiger partial charge in [0.15, 0.2) is 0 Å². The summed E-state index contributed by atoms with van der Waals surface area (Å²) in [6, 6.07) is 6.73. The van der Waals surface area contributed by atoms with Gasteiger partial charge in [-0.15, -0.1) is 0 Å². The summed E-state index contributed by atoms with van der Waals surface area (Å²) >= 11 is 0. The number of amides is 1. The number of aromatic nitrogens is 2. The van der Waals surface area contributed by atoms with E-state index in [2.05, 4.69) is 43.3 Å². The standard InChI is InChI=1S/C28H36N6O4/c1-28(2,3)38-27(35)34-15-21(16-34)32-8-6-19(7-9-32)20-4-5-24-23(14-20)31-25-22(17-37-24)26(30-18-29-25)33-10-12-36-13-11-33/h4-6,14,18,21H,7-13,15-17H2,1-3H3,(H,29,30,31). The molecule has 0 atom stereocenters. The molecule has 0 aliphatic carbocycles. The number of hydrogen-bond acceptors (Lipinski definition) is 9. The Kier molecular flexibility index (Phi) is 6.61. The highest BCUT2D eigenvalue weighted by Gasteiger charge is 2.37. The van der Waals surface area contributed by atoms with Gasteiger partial charge in [0.05, 0.1) is 24.5 Å². The fourth-order valence-corrected chi connectivity index (χ4v) is 5.36. The molecular formula is C28H36N6O4. The predicted octanol–water partition coefficient (Wildman–Crippen LogP) is 3.66. The van der Waals surface area contributed by atoms with Gasteiger partial charge in [0.1, 0.15) is 35.9 Å². The lowest BCUT2D eigenvalue weighted by molar-refractivity contribution is -0.0134. The lowest BCUT2D eigenvalue weighted by atomic mass is 9.96. The molecule has 38 heavy (non-hydrogen) atoms. The fourth-order valence-electron chi connectivity index (χ4n) is 5.36. The number of carbonyl (C=O) groups excluding carboxylic acids is 1. The van der Waals surface area contributed by atoms with Crippen LogP contribution in [0.5, 0.6) is 5.75 Å². The molecule has 1 amide bonds. The molecule has 0 radical (unpaired) electrons. The maximum atomic E-state index is 12.3. The molecule has 4 aliphatic rings. The maximum Gasteiger partial charge on any atom is 0.410 e. The molecule has 1 aromatic heterocycles. The number of carbonyl (C=O) groups is 1. The number of nitrogens with zero attached hydrogens (tertiary/aromatic N) is 5. The average Bonchev–Trinajstić information content (AvgIpc) is 3.06. The normalized spacial score (nSPS) is 20.2. The molecule has 5 heterocycles. The first-order valence-corrected chi connectivity index (χ1v) is 13.5. The molecule has 10 heteroatoms. The van der Waals surface area contributed by atoms with E-state index in [4.69, 9.17) is 14.2 Å². The first kappa shape index (κ1) is 24.9. The number of rotatable bonds is 3. The van der Waals surface area contributed by atoms with Crippen LogP contribution in [0.15, 0.2) is 30.6 Å². The van der Waals surface area contributed by atoms with Gasteiger partial charge < -0.3 is 29.3 Å². The van der Waals surface area contributed by atoms with Gasteiger partial charge in [-0.3, -0.25) is 4.90 Å². The number of benzene rings is 1. The van der Waals surface area contributed by atoms with Crippen molar-refractivity contribution >= 4 is 29.0 Å². The Morgan fingerprint density at radius 1 is 1.13 bits per heavy atom. The van der Waals surface area contributed by atoms with E-state index in [-0.39, 0.29) is 6.09 Å². The minimum Gasteiger partial charge on any atom is -0.486 e. The number of fused-ring (bicyclic) bond motifs is 2. The van der Waals surface area contributed by atoms with Gasteiger partial charge in [0.2, 0.25) is 0 Å². The Balaban J connectivity index is 1.11. The van der Waals surface area contributed by atoms with E-state index in [1.54, 1.807) is 11.2 Å². The van der Waals surface area contributed by atoms with Crippen LogP contribution in [0.25, 0.3) is 5.57 Å². The van der Waals surface area contributed by atoms with Crippen molar-refractivity contribution in [2.45, 2.75) is 45.4 Å². The number of hydrogen-bond donors (Lipinski definition) is 1. The summed E-state index contributed by atoms with van der Waals surface area (Å²) in [5.74, 6) is 2.52. The molecule has 0 saturated carbocycles. The van der Waals surface area contributed by atoms with Crippen molar-refractivity contribution < 1.29 is 19.0 Å². The fraction of sp³-hybridized carbons (Fsp3) is 0.536. The minimum absolute atomic E-state index is 0.217. The second kappa shape index (κ2) is 10.1.